The van der Waals surface area contributed by atoms with E-state index in [2.05, 4.69) is 16.0 Å². The van der Waals surface area contributed by atoms with Crippen molar-refractivity contribution in [3.63, 3.8) is 0 Å². The molecule has 8 nitrogen and oxygen atoms in total. The molecule has 0 radical (unpaired) electrons. The Morgan fingerprint density at radius 2 is 1.21 bits per heavy atom. The first-order valence-electron chi connectivity index (χ1n) is 13.7. The number of carboxylic acid groups (broad SMARTS) is 2. The Balaban J connectivity index is 0.00000506. The number of amides is 1. The SMILES string of the molecule is CN[C@H](C(=O)O)C(C)Cc1ccc(C2(c3ccc(CC(C)[C@H](NC)C(=O)O)cc3)C(=O)Nc3c2ccc(F)c3F)cc1.Cl. The third-order valence-corrected chi connectivity index (χ3v) is 8.26. The van der Waals surface area contributed by atoms with Crippen LogP contribution >= 0.6 is 12.4 Å². The summed E-state index contributed by atoms with van der Waals surface area (Å²) < 4.78 is 29.1. The van der Waals surface area contributed by atoms with E-state index in [0.29, 0.717) is 24.0 Å². The van der Waals surface area contributed by atoms with Crippen molar-refractivity contribution in [3.8, 4) is 0 Å². The molecular formula is C32H36ClF2N3O5. The lowest BCUT2D eigenvalue weighted by molar-refractivity contribution is -0.141. The van der Waals surface area contributed by atoms with Crippen molar-refractivity contribution in [1.29, 1.82) is 0 Å². The normalized spacial score (nSPS) is 18.5. The zero-order valence-corrected chi connectivity index (χ0v) is 25.1. The van der Waals surface area contributed by atoms with E-state index in [9.17, 15) is 33.4 Å². The molecule has 230 valence electrons. The summed E-state index contributed by atoms with van der Waals surface area (Å²) in [7, 11) is 3.19. The summed E-state index contributed by atoms with van der Waals surface area (Å²) in [4.78, 5) is 36.9. The zero-order valence-electron chi connectivity index (χ0n) is 24.3. The molecule has 0 fully saturated rings. The summed E-state index contributed by atoms with van der Waals surface area (Å²) in [5.74, 6) is -5.10. The van der Waals surface area contributed by atoms with Gasteiger partial charge in [-0.3, -0.25) is 14.4 Å². The fourth-order valence-corrected chi connectivity index (χ4v) is 6.12. The van der Waals surface area contributed by atoms with Gasteiger partial charge in [0, 0.05) is 5.56 Å². The maximum Gasteiger partial charge on any atom is 0.320 e. The van der Waals surface area contributed by atoms with Gasteiger partial charge in [-0.1, -0.05) is 68.4 Å². The van der Waals surface area contributed by atoms with Crippen LogP contribution in [0.25, 0.3) is 0 Å². The molecule has 3 aromatic carbocycles. The average molecular weight is 616 g/mol. The van der Waals surface area contributed by atoms with Gasteiger partial charge in [-0.15, -0.1) is 12.4 Å². The topological polar surface area (TPSA) is 128 Å². The smallest absolute Gasteiger partial charge is 0.320 e. The van der Waals surface area contributed by atoms with E-state index in [-0.39, 0.29) is 35.5 Å². The lowest BCUT2D eigenvalue weighted by Crippen LogP contribution is -2.40. The maximum atomic E-state index is 14.9. The minimum Gasteiger partial charge on any atom is -0.480 e. The van der Waals surface area contributed by atoms with Crippen LogP contribution in [0.1, 0.15) is 41.7 Å². The molecule has 2 unspecified atom stereocenters. The van der Waals surface area contributed by atoms with E-state index in [1.165, 1.54) is 6.07 Å². The zero-order chi connectivity index (χ0) is 30.8. The van der Waals surface area contributed by atoms with Crippen LogP contribution in [0.3, 0.4) is 0 Å². The highest BCUT2D eigenvalue weighted by molar-refractivity contribution is 6.11. The second kappa shape index (κ2) is 13.6. The number of rotatable bonds is 12. The Bertz CT molecular complexity index is 1410. The third-order valence-electron chi connectivity index (χ3n) is 8.26. The summed E-state index contributed by atoms with van der Waals surface area (Å²) in [6.45, 7) is 3.67. The van der Waals surface area contributed by atoms with Gasteiger partial charge in [-0.05, 0) is 67.1 Å². The monoisotopic (exact) mass is 615 g/mol. The van der Waals surface area contributed by atoms with Crippen molar-refractivity contribution < 1.29 is 33.4 Å². The van der Waals surface area contributed by atoms with Crippen LogP contribution in [-0.2, 0) is 32.6 Å². The Labute approximate surface area is 255 Å². The van der Waals surface area contributed by atoms with Crippen molar-refractivity contribution in [2.24, 2.45) is 11.8 Å². The molecule has 4 atom stereocenters. The van der Waals surface area contributed by atoms with Crippen LogP contribution in [0.4, 0.5) is 14.5 Å². The number of nitrogens with one attached hydrogen (secondary N) is 3. The van der Waals surface area contributed by atoms with E-state index in [4.69, 9.17) is 0 Å². The predicted octanol–water partition coefficient (Wildman–Crippen LogP) is 4.38. The molecule has 1 amide bonds. The summed E-state index contributed by atoms with van der Waals surface area (Å²) >= 11 is 0. The molecule has 1 heterocycles. The van der Waals surface area contributed by atoms with E-state index in [1.54, 1.807) is 38.4 Å². The quantitative estimate of drug-likeness (QED) is 0.205. The summed E-state index contributed by atoms with van der Waals surface area (Å²) in [5, 5.41) is 27.1. The fraction of sp³-hybridized carbons (Fsp3) is 0.344. The number of fused-ring (bicyclic) bond motifs is 1. The number of carboxylic acids is 2. The van der Waals surface area contributed by atoms with E-state index in [1.807, 2.05) is 38.1 Å². The number of benzene rings is 3. The first-order chi connectivity index (χ1) is 19.9. The van der Waals surface area contributed by atoms with Crippen molar-refractivity contribution in [2.75, 3.05) is 19.4 Å². The van der Waals surface area contributed by atoms with Gasteiger partial charge in [0.15, 0.2) is 11.6 Å². The Kier molecular flexibility index (Phi) is 10.7. The van der Waals surface area contributed by atoms with Gasteiger partial charge >= 0.3 is 11.9 Å². The second-order valence-corrected chi connectivity index (χ2v) is 11.0. The van der Waals surface area contributed by atoms with Crippen LogP contribution in [0, 0.1) is 23.5 Å². The molecule has 0 aliphatic carbocycles. The summed E-state index contributed by atoms with van der Waals surface area (Å²) in [5.41, 5.74) is 1.35. The lowest BCUT2D eigenvalue weighted by atomic mass is 9.69. The molecule has 0 saturated heterocycles. The highest BCUT2D eigenvalue weighted by Gasteiger charge is 2.51. The largest absolute Gasteiger partial charge is 0.480 e. The molecule has 11 heteroatoms. The Morgan fingerprint density at radius 1 is 0.791 bits per heavy atom. The van der Waals surface area contributed by atoms with Crippen molar-refractivity contribution in [1.82, 2.24) is 10.6 Å². The molecular weight excluding hydrogens is 580 g/mol. The van der Waals surface area contributed by atoms with Crippen molar-refractivity contribution in [2.45, 2.75) is 44.2 Å². The number of hydrogen-bond donors (Lipinski definition) is 5. The second-order valence-electron chi connectivity index (χ2n) is 11.0. The van der Waals surface area contributed by atoms with Gasteiger partial charge < -0.3 is 26.2 Å². The first-order valence-corrected chi connectivity index (χ1v) is 13.7. The molecule has 43 heavy (non-hydrogen) atoms. The molecule has 0 aromatic heterocycles. The van der Waals surface area contributed by atoms with Crippen LogP contribution in [0.2, 0.25) is 0 Å². The Hall–Kier alpha value is -3.86. The number of hydrogen-bond acceptors (Lipinski definition) is 5. The minimum atomic E-state index is -1.48. The highest BCUT2D eigenvalue weighted by Crippen LogP contribution is 2.49. The van der Waals surface area contributed by atoms with E-state index in [0.717, 1.165) is 17.2 Å². The molecule has 5 N–H and O–H groups in total. The van der Waals surface area contributed by atoms with Gasteiger partial charge in [0.05, 0.1) is 5.69 Å². The summed E-state index contributed by atoms with van der Waals surface area (Å²) in [6.07, 6.45) is 0.926. The van der Waals surface area contributed by atoms with E-state index >= 15 is 0 Å². The van der Waals surface area contributed by atoms with E-state index < -0.39 is 47.0 Å². The van der Waals surface area contributed by atoms with Gasteiger partial charge in [0.25, 0.3) is 0 Å². The molecule has 1 aliphatic rings. The van der Waals surface area contributed by atoms with Gasteiger partial charge in [0.2, 0.25) is 5.91 Å². The Morgan fingerprint density at radius 3 is 1.58 bits per heavy atom. The molecule has 0 bridgehead atoms. The third kappa shape index (κ3) is 6.27. The molecule has 0 saturated carbocycles. The van der Waals surface area contributed by atoms with Gasteiger partial charge in [-0.2, -0.15) is 0 Å². The number of anilines is 1. The number of carbonyl (C=O) groups is 3. The number of carbonyl (C=O) groups excluding carboxylic acids is 1. The highest BCUT2D eigenvalue weighted by atomic mass is 35.5. The van der Waals surface area contributed by atoms with Crippen LogP contribution in [0.5, 0.6) is 0 Å². The number of halogens is 3. The summed E-state index contributed by atoms with van der Waals surface area (Å²) in [6, 6.07) is 15.2. The molecule has 0 spiro atoms. The average Bonchev–Trinajstić information content (AvgIpc) is 3.25. The molecule has 4 rings (SSSR count). The number of likely N-dealkylation sites (N-methyl/N-ethyl adjacent to an activating group) is 2. The van der Waals surface area contributed by atoms with Gasteiger partial charge in [0.1, 0.15) is 17.5 Å². The van der Waals surface area contributed by atoms with Crippen LogP contribution < -0.4 is 16.0 Å². The maximum absolute atomic E-state index is 14.9. The van der Waals surface area contributed by atoms with Crippen LogP contribution in [-0.4, -0.2) is 54.2 Å². The van der Waals surface area contributed by atoms with Crippen LogP contribution in [0.15, 0.2) is 60.7 Å². The van der Waals surface area contributed by atoms with Gasteiger partial charge in [-0.25, -0.2) is 8.78 Å². The number of aliphatic carboxylic acids is 2. The van der Waals surface area contributed by atoms with Crippen molar-refractivity contribution in [3.05, 3.63) is 100 Å². The molecule has 1 aliphatic heterocycles. The van der Waals surface area contributed by atoms with Crippen molar-refractivity contribution >= 4 is 35.9 Å². The first kappa shape index (κ1) is 33.6. The standard InChI is InChI=1S/C32H35F2N3O5.ClH/c1-17(26(35-3)29(38)39)15-19-5-9-21(10-6-19)32(23-13-14-24(33)25(34)28(23)37-31(32)42)22-11-7-20(8-12-22)16-18(2)27(36-4)30(40)41;/h5-14,17-18,26-27,35-36H,15-16H2,1-4H3,(H,37,42)(H,38,39)(H,40,41);1H/t17?,18?,26-,27-,32?;/m0./s1. The minimum absolute atomic E-state index is 0. The predicted molar refractivity (Wildman–Crippen MR) is 162 cm³/mol. The lowest BCUT2D eigenvalue weighted by Gasteiger charge is -2.30. The molecule has 3 aromatic rings. The fourth-order valence-electron chi connectivity index (χ4n) is 6.12.